The van der Waals surface area contributed by atoms with Crippen molar-refractivity contribution in [3.05, 3.63) is 54.2 Å². The smallest absolute Gasteiger partial charge is 0.255 e. The first-order valence-electron chi connectivity index (χ1n) is 6.80. The van der Waals surface area contributed by atoms with Gasteiger partial charge in [0.1, 0.15) is 0 Å². The standard InChI is InChI=1S/C15H17FN4/c16-14-15(18-7-6-17-14)20-10-8-19(9-11-20)12-13-4-2-1-3-5-13/h1-7H,8-12H2. The van der Waals surface area contributed by atoms with Crippen molar-refractivity contribution in [2.75, 3.05) is 31.1 Å². The molecule has 4 nitrogen and oxygen atoms in total. The maximum absolute atomic E-state index is 13.6. The summed E-state index contributed by atoms with van der Waals surface area (Å²) >= 11 is 0. The summed E-state index contributed by atoms with van der Waals surface area (Å²) < 4.78 is 13.6. The molecule has 0 atom stereocenters. The molecule has 0 unspecified atom stereocenters. The highest BCUT2D eigenvalue weighted by Gasteiger charge is 2.20. The predicted molar refractivity (Wildman–Crippen MR) is 75.9 cm³/mol. The Labute approximate surface area is 117 Å². The van der Waals surface area contributed by atoms with E-state index >= 15 is 0 Å². The zero-order valence-corrected chi connectivity index (χ0v) is 11.2. The molecule has 1 aromatic heterocycles. The number of hydrogen-bond donors (Lipinski definition) is 0. The first kappa shape index (κ1) is 13.0. The van der Waals surface area contributed by atoms with Gasteiger partial charge in [0.25, 0.3) is 5.95 Å². The summed E-state index contributed by atoms with van der Waals surface area (Å²) in [4.78, 5) is 12.1. The van der Waals surface area contributed by atoms with Crippen LogP contribution in [0.5, 0.6) is 0 Å². The van der Waals surface area contributed by atoms with Gasteiger partial charge in [-0.05, 0) is 5.56 Å². The van der Waals surface area contributed by atoms with E-state index in [1.165, 1.54) is 18.0 Å². The molecule has 1 aliphatic rings. The van der Waals surface area contributed by atoms with Crippen molar-refractivity contribution in [3.63, 3.8) is 0 Å². The average molecular weight is 272 g/mol. The van der Waals surface area contributed by atoms with Crippen LogP contribution in [0, 0.1) is 5.95 Å². The van der Waals surface area contributed by atoms with Gasteiger partial charge >= 0.3 is 0 Å². The lowest BCUT2D eigenvalue weighted by Gasteiger charge is -2.35. The van der Waals surface area contributed by atoms with Crippen LogP contribution >= 0.6 is 0 Å². The third-order valence-corrected chi connectivity index (χ3v) is 3.56. The Hall–Kier alpha value is -2.01. The predicted octanol–water partition coefficient (Wildman–Crippen LogP) is 1.94. The Kier molecular flexibility index (Phi) is 3.87. The SMILES string of the molecule is Fc1nccnc1N1CCN(Cc2ccccc2)CC1. The molecule has 1 aromatic carbocycles. The average Bonchev–Trinajstić information content (AvgIpc) is 2.50. The molecule has 0 amide bonds. The molecule has 0 radical (unpaired) electrons. The maximum atomic E-state index is 13.6. The van der Waals surface area contributed by atoms with Crippen molar-refractivity contribution < 1.29 is 4.39 Å². The van der Waals surface area contributed by atoms with Gasteiger partial charge in [-0.1, -0.05) is 30.3 Å². The van der Waals surface area contributed by atoms with E-state index in [1.807, 2.05) is 11.0 Å². The lowest BCUT2D eigenvalue weighted by atomic mass is 10.2. The van der Waals surface area contributed by atoms with E-state index in [0.29, 0.717) is 5.82 Å². The zero-order valence-electron chi connectivity index (χ0n) is 11.2. The minimum Gasteiger partial charge on any atom is -0.350 e. The van der Waals surface area contributed by atoms with Crippen LogP contribution in [0.15, 0.2) is 42.7 Å². The molecule has 0 bridgehead atoms. The summed E-state index contributed by atoms with van der Waals surface area (Å²) in [5.74, 6) is -0.115. The van der Waals surface area contributed by atoms with E-state index in [0.717, 1.165) is 32.7 Å². The van der Waals surface area contributed by atoms with E-state index in [2.05, 4.69) is 39.1 Å². The van der Waals surface area contributed by atoms with Gasteiger partial charge < -0.3 is 4.90 Å². The molecule has 5 heteroatoms. The lowest BCUT2D eigenvalue weighted by molar-refractivity contribution is 0.248. The van der Waals surface area contributed by atoms with Crippen molar-refractivity contribution in [2.45, 2.75) is 6.54 Å². The minimum atomic E-state index is -0.482. The molecular formula is C15H17FN4. The van der Waals surface area contributed by atoms with E-state index in [-0.39, 0.29) is 0 Å². The van der Waals surface area contributed by atoms with Gasteiger partial charge in [0.15, 0.2) is 5.82 Å². The molecule has 0 N–H and O–H groups in total. The highest BCUT2D eigenvalue weighted by atomic mass is 19.1. The van der Waals surface area contributed by atoms with Crippen molar-refractivity contribution >= 4 is 5.82 Å². The molecule has 1 fully saturated rings. The van der Waals surface area contributed by atoms with Gasteiger partial charge in [0.2, 0.25) is 0 Å². The Bertz CT molecular complexity index is 553. The number of piperazine rings is 1. The Morgan fingerprint density at radius 2 is 1.65 bits per heavy atom. The van der Waals surface area contributed by atoms with Gasteiger partial charge in [-0.3, -0.25) is 4.90 Å². The maximum Gasteiger partial charge on any atom is 0.255 e. The second kappa shape index (κ2) is 5.96. The van der Waals surface area contributed by atoms with Gasteiger partial charge in [0.05, 0.1) is 0 Å². The van der Waals surface area contributed by atoms with Gasteiger partial charge in [-0.25, -0.2) is 9.97 Å². The van der Waals surface area contributed by atoms with Gasteiger partial charge in [-0.2, -0.15) is 4.39 Å². The second-order valence-electron chi connectivity index (χ2n) is 4.92. The Balaban J connectivity index is 1.59. The number of nitrogens with zero attached hydrogens (tertiary/aromatic N) is 4. The van der Waals surface area contributed by atoms with Crippen molar-refractivity contribution in [1.82, 2.24) is 14.9 Å². The Morgan fingerprint density at radius 3 is 2.35 bits per heavy atom. The summed E-state index contributed by atoms with van der Waals surface area (Å²) in [5, 5.41) is 0. The van der Waals surface area contributed by atoms with Gasteiger partial charge in [-0.15, -0.1) is 0 Å². The fourth-order valence-electron chi connectivity index (χ4n) is 2.49. The van der Waals surface area contributed by atoms with Crippen LogP contribution in [0.25, 0.3) is 0 Å². The molecule has 104 valence electrons. The normalized spacial score (nSPS) is 16.4. The summed E-state index contributed by atoms with van der Waals surface area (Å²) in [6.07, 6.45) is 2.92. The van der Waals surface area contributed by atoms with E-state index in [9.17, 15) is 4.39 Å². The highest BCUT2D eigenvalue weighted by Crippen LogP contribution is 2.16. The first-order valence-corrected chi connectivity index (χ1v) is 6.80. The minimum absolute atomic E-state index is 0.367. The van der Waals surface area contributed by atoms with E-state index < -0.39 is 5.95 Å². The molecule has 1 aliphatic heterocycles. The van der Waals surface area contributed by atoms with E-state index in [4.69, 9.17) is 0 Å². The molecule has 1 saturated heterocycles. The topological polar surface area (TPSA) is 32.3 Å². The van der Waals surface area contributed by atoms with Crippen LogP contribution in [0.2, 0.25) is 0 Å². The number of aromatic nitrogens is 2. The van der Waals surface area contributed by atoms with Crippen LogP contribution in [0.3, 0.4) is 0 Å². The van der Waals surface area contributed by atoms with Crippen molar-refractivity contribution in [1.29, 1.82) is 0 Å². The fourth-order valence-corrected chi connectivity index (χ4v) is 2.49. The molecule has 2 aromatic rings. The number of halogens is 1. The van der Waals surface area contributed by atoms with Crippen molar-refractivity contribution in [3.8, 4) is 0 Å². The molecule has 0 spiro atoms. The van der Waals surface area contributed by atoms with E-state index in [1.54, 1.807) is 0 Å². The third kappa shape index (κ3) is 2.93. The fraction of sp³-hybridized carbons (Fsp3) is 0.333. The summed E-state index contributed by atoms with van der Waals surface area (Å²) in [5.41, 5.74) is 1.31. The molecule has 20 heavy (non-hydrogen) atoms. The van der Waals surface area contributed by atoms with Gasteiger partial charge in [0, 0.05) is 45.1 Å². The monoisotopic (exact) mass is 272 g/mol. The summed E-state index contributed by atoms with van der Waals surface area (Å²) in [6.45, 7) is 4.32. The largest absolute Gasteiger partial charge is 0.350 e. The summed E-state index contributed by atoms with van der Waals surface area (Å²) in [7, 11) is 0. The zero-order chi connectivity index (χ0) is 13.8. The second-order valence-corrected chi connectivity index (χ2v) is 4.92. The Morgan fingerprint density at radius 1 is 0.950 bits per heavy atom. The number of anilines is 1. The molecule has 0 saturated carbocycles. The lowest BCUT2D eigenvalue weighted by Crippen LogP contribution is -2.46. The summed E-state index contributed by atoms with van der Waals surface area (Å²) in [6, 6.07) is 10.4. The van der Waals surface area contributed by atoms with Crippen LogP contribution in [-0.4, -0.2) is 41.0 Å². The van der Waals surface area contributed by atoms with Crippen LogP contribution < -0.4 is 4.90 Å². The van der Waals surface area contributed by atoms with Crippen molar-refractivity contribution in [2.24, 2.45) is 0 Å². The number of benzene rings is 1. The number of rotatable bonds is 3. The highest BCUT2D eigenvalue weighted by molar-refractivity contribution is 5.37. The molecule has 3 rings (SSSR count). The quantitative estimate of drug-likeness (QED) is 0.854. The molecule has 2 heterocycles. The molecular weight excluding hydrogens is 255 g/mol. The first-order chi connectivity index (χ1) is 9.83. The van der Waals surface area contributed by atoms with Crippen LogP contribution in [0.1, 0.15) is 5.56 Å². The van der Waals surface area contributed by atoms with Crippen LogP contribution in [-0.2, 0) is 6.54 Å². The number of hydrogen-bond acceptors (Lipinski definition) is 4. The van der Waals surface area contributed by atoms with Crippen LogP contribution in [0.4, 0.5) is 10.2 Å². The molecule has 0 aliphatic carbocycles. The third-order valence-electron chi connectivity index (χ3n) is 3.56.